The third-order valence-corrected chi connectivity index (χ3v) is 5.10. The summed E-state index contributed by atoms with van der Waals surface area (Å²) in [7, 11) is 0. The maximum Gasteiger partial charge on any atom is 0.308 e. The van der Waals surface area contributed by atoms with Crippen LogP contribution in [0.3, 0.4) is 0 Å². The molecule has 2 aromatic rings. The van der Waals surface area contributed by atoms with Gasteiger partial charge in [-0.15, -0.1) is 16.4 Å². The van der Waals surface area contributed by atoms with Crippen LogP contribution in [-0.2, 0) is 24.2 Å². The van der Waals surface area contributed by atoms with E-state index < -0.39 is 11.9 Å². The highest BCUT2D eigenvalue weighted by Crippen LogP contribution is 2.34. The van der Waals surface area contributed by atoms with Crippen molar-refractivity contribution >= 4 is 17.3 Å². The zero-order valence-corrected chi connectivity index (χ0v) is 12.8. The van der Waals surface area contributed by atoms with Crippen LogP contribution in [0.5, 0.6) is 0 Å². The largest absolute Gasteiger partial charge is 0.481 e. The van der Waals surface area contributed by atoms with Crippen molar-refractivity contribution in [1.82, 2.24) is 20.2 Å². The SMILES string of the molecule is CC(Cn1nnnc1-c1cc2c(s1)CCCCC2)C(=O)O. The average molecular weight is 306 g/mol. The molecule has 1 atom stereocenters. The van der Waals surface area contributed by atoms with E-state index in [1.54, 1.807) is 22.9 Å². The van der Waals surface area contributed by atoms with Crippen molar-refractivity contribution < 1.29 is 9.90 Å². The Hall–Kier alpha value is -1.76. The smallest absolute Gasteiger partial charge is 0.308 e. The van der Waals surface area contributed by atoms with Crippen molar-refractivity contribution in [2.24, 2.45) is 5.92 Å². The predicted molar refractivity (Wildman–Crippen MR) is 79.2 cm³/mol. The number of carboxylic acid groups (broad SMARTS) is 1. The lowest BCUT2D eigenvalue weighted by atomic mass is 10.1. The van der Waals surface area contributed by atoms with Crippen LogP contribution < -0.4 is 0 Å². The maximum absolute atomic E-state index is 11.0. The highest BCUT2D eigenvalue weighted by atomic mass is 32.1. The molecule has 0 bridgehead atoms. The van der Waals surface area contributed by atoms with Gasteiger partial charge < -0.3 is 5.11 Å². The first kappa shape index (κ1) is 14.2. The van der Waals surface area contributed by atoms with Gasteiger partial charge in [0.25, 0.3) is 0 Å². The van der Waals surface area contributed by atoms with Gasteiger partial charge in [-0.2, -0.15) is 0 Å². The highest BCUT2D eigenvalue weighted by molar-refractivity contribution is 7.15. The number of aryl methyl sites for hydroxylation is 2. The van der Waals surface area contributed by atoms with Crippen LogP contribution in [-0.4, -0.2) is 31.3 Å². The number of fused-ring (bicyclic) bond motifs is 1. The quantitative estimate of drug-likeness (QED) is 0.877. The number of thiophene rings is 1. The summed E-state index contributed by atoms with van der Waals surface area (Å²) >= 11 is 1.75. The number of hydrogen-bond donors (Lipinski definition) is 1. The number of carboxylic acids is 1. The molecule has 21 heavy (non-hydrogen) atoms. The van der Waals surface area contributed by atoms with E-state index in [2.05, 4.69) is 21.6 Å². The molecule has 2 heterocycles. The van der Waals surface area contributed by atoms with Crippen LogP contribution in [0.15, 0.2) is 6.07 Å². The molecule has 7 heteroatoms. The number of aromatic nitrogens is 4. The number of rotatable bonds is 4. The first-order valence-electron chi connectivity index (χ1n) is 7.26. The van der Waals surface area contributed by atoms with Crippen molar-refractivity contribution in [3.05, 3.63) is 16.5 Å². The van der Waals surface area contributed by atoms with Gasteiger partial charge in [-0.25, -0.2) is 4.68 Å². The Morgan fingerprint density at radius 1 is 1.43 bits per heavy atom. The minimum atomic E-state index is -0.835. The lowest BCUT2D eigenvalue weighted by Crippen LogP contribution is -2.18. The molecule has 0 aliphatic heterocycles. The lowest BCUT2D eigenvalue weighted by molar-refractivity contribution is -0.141. The Balaban J connectivity index is 1.88. The number of carbonyl (C=O) groups is 1. The fourth-order valence-electron chi connectivity index (χ4n) is 2.62. The molecule has 0 saturated heterocycles. The molecule has 0 aromatic carbocycles. The van der Waals surface area contributed by atoms with Crippen LogP contribution in [0.4, 0.5) is 0 Å². The standard InChI is InChI=1S/C14H18N4O2S/c1-9(14(19)20)8-18-13(15-16-17-18)12-7-10-5-3-2-4-6-11(10)21-12/h7,9H,2-6,8H2,1H3,(H,19,20). The van der Waals surface area contributed by atoms with E-state index in [0.717, 1.165) is 17.7 Å². The summed E-state index contributed by atoms with van der Waals surface area (Å²) in [5, 5.41) is 20.8. The normalized spacial score (nSPS) is 16.2. The van der Waals surface area contributed by atoms with Crippen LogP contribution >= 0.6 is 11.3 Å². The molecule has 1 unspecified atom stereocenters. The molecule has 0 spiro atoms. The zero-order chi connectivity index (χ0) is 14.8. The van der Waals surface area contributed by atoms with E-state index in [1.165, 1.54) is 29.7 Å². The summed E-state index contributed by atoms with van der Waals surface area (Å²) in [5.41, 5.74) is 1.41. The van der Waals surface area contributed by atoms with Crippen molar-refractivity contribution in [1.29, 1.82) is 0 Å². The van der Waals surface area contributed by atoms with Crippen LogP contribution in [0, 0.1) is 5.92 Å². The third kappa shape index (κ3) is 2.97. The Kier molecular flexibility index (Phi) is 4.01. The minimum Gasteiger partial charge on any atom is -0.481 e. The van der Waals surface area contributed by atoms with Gasteiger partial charge in [-0.1, -0.05) is 13.3 Å². The van der Waals surface area contributed by atoms with E-state index >= 15 is 0 Å². The molecule has 1 aliphatic carbocycles. The summed E-state index contributed by atoms with van der Waals surface area (Å²) in [6.07, 6.45) is 6.04. The maximum atomic E-state index is 11.0. The molecule has 3 rings (SSSR count). The molecule has 0 saturated carbocycles. The zero-order valence-electron chi connectivity index (χ0n) is 11.9. The van der Waals surface area contributed by atoms with Crippen LogP contribution in [0.2, 0.25) is 0 Å². The number of hydrogen-bond acceptors (Lipinski definition) is 5. The van der Waals surface area contributed by atoms with Crippen molar-refractivity contribution in [2.75, 3.05) is 0 Å². The van der Waals surface area contributed by atoms with Crippen molar-refractivity contribution in [3.8, 4) is 10.7 Å². The first-order chi connectivity index (χ1) is 10.1. The van der Waals surface area contributed by atoms with E-state index in [4.69, 9.17) is 5.11 Å². The highest BCUT2D eigenvalue weighted by Gasteiger charge is 2.20. The van der Waals surface area contributed by atoms with Gasteiger partial charge in [-0.3, -0.25) is 4.79 Å². The Bertz CT molecular complexity index is 626. The monoisotopic (exact) mass is 306 g/mol. The van der Waals surface area contributed by atoms with Crippen molar-refractivity contribution in [3.63, 3.8) is 0 Å². The summed E-state index contributed by atoms with van der Waals surface area (Å²) in [6.45, 7) is 1.96. The number of tetrazole rings is 1. The summed E-state index contributed by atoms with van der Waals surface area (Å²) in [5.74, 6) is -0.662. The van der Waals surface area contributed by atoms with Gasteiger partial charge in [0.1, 0.15) is 0 Å². The molecule has 112 valence electrons. The second-order valence-electron chi connectivity index (χ2n) is 5.54. The number of nitrogens with zero attached hydrogens (tertiary/aromatic N) is 4. The Morgan fingerprint density at radius 2 is 2.24 bits per heavy atom. The van der Waals surface area contributed by atoms with Gasteiger partial charge in [0.05, 0.1) is 17.3 Å². The summed E-state index contributed by atoms with van der Waals surface area (Å²) in [4.78, 5) is 13.5. The van der Waals surface area contributed by atoms with Gasteiger partial charge in [-0.05, 0) is 47.7 Å². The fourth-order valence-corrected chi connectivity index (χ4v) is 3.86. The predicted octanol–water partition coefficient (Wildman–Crippen LogP) is 2.39. The molecule has 1 N–H and O–H groups in total. The van der Waals surface area contributed by atoms with Gasteiger partial charge in [0.2, 0.25) is 0 Å². The fraction of sp³-hybridized carbons (Fsp3) is 0.571. The molecular weight excluding hydrogens is 288 g/mol. The van der Waals surface area contributed by atoms with Crippen LogP contribution in [0.25, 0.3) is 10.7 Å². The van der Waals surface area contributed by atoms with Gasteiger partial charge in [0.15, 0.2) is 5.82 Å². The number of aliphatic carboxylic acids is 1. The molecule has 2 aromatic heterocycles. The van der Waals surface area contributed by atoms with E-state index in [9.17, 15) is 4.79 Å². The molecule has 0 amide bonds. The molecule has 0 radical (unpaired) electrons. The first-order valence-corrected chi connectivity index (χ1v) is 8.07. The summed E-state index contributed by atoms with van der Waals surface area (Å²) in [6, 6.07) is 2.18. The van der Waals surface area contributed by atoms with E-state index in [0.29, 0.717) is 12.4 Å². The van der Waals surface area contributed by atoms with Gasteiger partial charge >= 0.3 is 5.97 Å². The lowest BCUT2D eigenvalue weighted by Gasteiger charge is -2.06. The molecule has 0 fully saturated rings. The second kappa shape index (κ2) is 5.93. The average Bonchev–Trinajstić information content (AvgIpc) is 3.00. The van der Waals surface area contributed by atoms with E-state index in [-0.39, 0.29) is 0 Å². The third-order valence-electron chi connectivity index (χ3n) is 3.87. The van der Waals surface area contributed by atoms with Crippen molar-refractivity contribution in [2.45, 2.75) is 45.6 Å². The van der Waals surface area contributed by atoms with Gasteiger partial charge in [0, 0.05) is 4.88 Å². The Labute approximate surface area is 126 Å². The molecule has 1 aliphatic rings. The second-order valence-corrected chi connectivity index (χ2v) is 6.68. The molecule has 6 nitrogen and oxygen atoms in total. The minimum absolute atomic E-state index is 0.292. The Morgan fingerprint density at radius 3 is 3.05 bits per heavy atom. The topological polar surface area (TPSA) is 80.9 Å². The van der Waals surface area contributed by atoms with Crippen LogP contribution in [0.1, 0.15) is 36.6 Å². The molecular formula is C14H18N4O2S. The summed E-state index contributed by atoms with van der Waals surface area (Å²) < 4.78 is 1.60. The van der Waals surface area contributed by atoms with E-state index in [1.807, 2.05) is 0 Å².